The molecular weight excluding hydrogens is 353 g/mol. The Morgan fingerprint density at radius 3 is 2.50 bits per heavy atom. The fourth-order valence-electron chi connectivity index (χ4n) is 3.38. The van der Waals surface area contributed by atoms with Crippen LogP contribution in [0.5, 0.6) is 0 Å². The zero-order valence-corrected chi connectivity index (χ0v) is 14.0. The van der Waals surface area contributed by atoms with Gasteiger partial charge in [-0.05, 0) is 24.3 Å². The molecule has 3 N–H and O–H groups in total. The highest BCUT2D eigenvalue weighted by atomic mass is 35.5. The third kappa shape index (κ3) is 2.07. The van der Waals surface area contributed by atoms with Crippen molar-refractivity contribution in [2.45, 2.75) is 5.92 Å². The number of nitriles is 2. The maximum atomic E-state index is 14.6. The number of allylic oxidation sites excluding steroid dienone is 2. The van der Waals surface area contributed by atoms with Gasteiger partial charge in [-0.2, -0.15) is 10.5 Å². The van der Waals surface area contributed by atoms with Crippen molar-refractivity contribution in [1.82, 2.24) is 0 Å². The van der Waals surface area contributed by atoms with Crippen LogP contribution < -0.4 is 16.0 Å². The number of hydrogen-bond acceptors (Lipinski definition) is 5. The molecule has 0 aromatic heterocycles. The van der Waals surface area contributed by atoms with Gasteiger partial charge < -0.3 is 11.1 Å². The number of fused-ring (bicyclic) bond motifs is 3. The molecule has 2 aliphatic rings. The quantitative estimate of drug-likeness (QED) is 0.801. The number of nitrogens with two attached hydrogens (primary N) is 1. The Labute approximate surface area is 154 Å². The molecular formula is C19H11ClFN5. The smallest absolute Gasteiger partial charge is 0.131 e. The van der Waals surface area contributed by atoms with Gasteiger partial charge in [0, 0.05) is 10.6 Å². The Kier molecular flexibility index (Phi) is 3.57. The van der Waals surface area contributed by atoms with E-state index in [0.717, 1.165) is 11.4 Å². The molecule has 2 aliphatic heterocycles. The number of halogens is 2. The van der Waals surface area contributed by atoms with Crippen LogP contribution in [0, 0.1) is 28.5 Å². The van der Waals surface area contributed by atoms with Gasteiger partial charge in [-0.1, -0.05) is 29.8 Å². The molecule has 5 nitrogen and oxygen atoms in total. The lowest BCUT2D eigenvalue weighted by Gasteiger charge is -2.31. The molecule has 0 fully saturated rings. The minimum Gasteiger partial charge on any atom is -0.384 e. The molecule has 2 aromatic rings. The standard InChI is InChI=1S/C19H11ClFN5/c20-12-4-3-5-13(21)17(12)16-10(8-22)18(24)26-15-7-2-1-6-14(15)25-19(26)11(16)9-23/h1-7,16,25H,24H2. The Balaban J connectivity index is 2.03. The van der Waals surface area contributed by atoms with Gasteiger partial charge in [0.15, 0.2) is 0 Å². The van der Waals surface area contributed by atoms with E-state index in [1.54, 1.807) is 4.90 Å². The van der Waals surface area contributed by atoms with E-state index < -0.39 is 11.7 Å². The first-order valence-electron chi connectivity index (χ1n) is 7.72. The van der Waals surface area contributed by atoms with Crippen LogP contribution in [0.2, 0.25) is 5.02 Å². The summed E-state index contributed by atoms with van der Waals surface area (Å²) < 4.78 is 14.6. The minimum absolute atomic E-state index is 0.0649. The highest BCUT2D eigenvalue weighted by molar-refractivity contribution is 6.31. The number of anilines is 2. The molecule has 0 saturated heterocycles. The second-order valence-corrected chi connectivity index (χ2v) is 6.24. The second-order valence-electron chi connectivity index (χ2n) is 5.83. The second kappa shape index (κ2) is 5.80. The number of nitrogens with zero attached hydrogens (tertiary/aromatic N) is 3. The van der Waals surface area contributed by atoms with Crippen LogP contribution in [-0.2, 0) is 0 Å². The first-order chi connectivity index (χ1) is 12.6. The van der Waals surface area contributed by atoms with Gasteiger partial charge in [0.25, 0.3) is 0 Å². The molecule has 0 aliphatic carbocycles. The summed E-state index contributed by atoms with van der Waals surface area (Å²) in [5.74, 6) is -1.02. The summed E-state index contributed by atoms with van der Waals surface area (Å²) >= 11 is 6.21. The molecule has 4 rings (SSSR count). The topological polar surface area (TPSA) is 88.9 Å². The average molecular weight is 364 g/mol. The predicted molar refractivity (Wildman–Crippen MR) is 96.2 cm³/mol. The van der Waals surface area contributed by atoms with E-state index >= 15 is 0 Å². The van der Waals surface area contributed by atoms with E-state index in [1.807, 2.05) is 30.3 Å². The van der Waals surface area contributed by atoms with Gasteiger partial charge in [-0.15, -0.1) is 0 Å². The first-order valence-corrected chi connectivity index (χ1v) is 8.10. The fourth-order valence-corrected chi connectivity index (χ4v) is 3.65. The Bertz CT molecular complexity index is 1070. The zero-order valence-electron chi connectivity index (χ0n) is 13.3. The zero-order chi connectivity index (χ0) is 18.4. The van der Waals surface area contributed by atoms with Crippen molar-refractivity contribution in [3.8, 4) is 12.1 Å². The summed E-state index contributed by atoms with van der Waals surface area (Å²) in [7, 11) is 0. The lowest BCUT2D eigenvalue weighted by molar-refractivity contribution is 0.605. The van der Waals surface area contributed by atoms with Gasteiger partial charge in [0.1, 0.15) is 17.5 Å². The summed E-state index contributed by atoms with van der Waals surface area (Å²) in [6.07, 6.45) is 0. The maximum Gasteiger partial charge on any atom is 0.131 e. The molecule has 7 heteroatoms. The van der Waals surface area contributed by atoms with E-state index in [9.17, 15) is 14.9 Å². The van der Waals surface area contributed by atoms with E-state index in [4.69, 9.17) is 17.3 Å². The Morgan fingerprint density at radius 2 is 1.81 bits per heavy atom. The molecule has 1 atom stereocenters. The summed E-state index contributed by atoms with van der Waals surface area (Å²) in [6.45, 7) is 0. The molecule has 26 heavy (non-hydrogen) atoms. The van der Waals surface area contributed by atoms with E-state index in [1.165, 1.54) is 18.2 Å². The van der Waals surface area contributed by atoms with Crippen LogP contribution in [0.1, 0.15) is 11.5 Å². The van der Waals surface area contributed by atoms with Crippen molar-refractivity contribution < 1.29 is 4.39 Å². The fraction of sp³-hybridized carbons (Fsp3) is 0.0526. The van der Waals surface area contributed by atoms with Crippen molar-refractivity contribution in [2.75, 3.05) is 10.2 Å². The highest BCUT2D eigenvalue weighted by Crippen LogP contribution is 2.48. The molecule has 126 valence electrons. The molecule has 0 saturated carbocycles. The summed E-state index contributed by atoms with van der Waals surface area (Å²) in [5, 5.41) is 22.8. The van der Waals surface area contributed by atoms with Gasteiger partial charge in [-0.3, -0.25) is 4.90 Å². The van der Waals surface area contributed by atoms with Crippen LogP contribution >= 0.6 is 11.6 Å². The van der Waals surface area contributed by atoms with Gasteiger partial charge in [-0.25, -0.2) is 4.39 Å². The van der Waals surface area contributed by atoms with Crippen molar-refractivity contribution in [3.05, 3.63) is 81.7 Å². The Morgan fingerprint density at radius 1 is 1.08 bits per heavy atom. The molecule has 2 heterocycles. The van der Waals surface area contributed by atoms with Crippen LogP contribution in [0.3, 0.4) is 0 Å². The third-order valence-electron chi connectivity index (χ3n) is 4.50. The third-order valence-corrected chi connectivity index (χ3v) is 4.83. The maximum absolute atomic E-state index is 14.6. The van der Waals surface area contributed by atoms with Gasteiger partial charge in [0.2, 0.25) is 0 Å². The lowest BCUT2D eigenvalue weighted by atomic mass is 9.82. The molecule has 0 bridgehead atoms. The van der Waals surface area contributed by atoms with Gasteiger partial charge in [0.05, 0.1) is 40.6 Å². The summed E-state index contributed by atoms with van der Waals surface area (Å²) in [4.78, 5) is 1.61. The van der Waals surface area contributed by atoms with E-state index in [-0.39, 0.29) is 27.6 Å². The average Bonchev–Trinajstić information content (AvgIpc) is 3.01. The van der Waals surface area contributed by atoms with Crippen LogP contribution in [0.4, 0.5) is 15.8 Å². The van der Waals surface area contributed by atoms with Crippen molar-refractivity contribution in [2.24, 2.45) is 5.73 Å². The number of hydrogen-bond donors (Lipinski definition) is 2. The summed E-state index contributed by atoms with van der Waals surface area (Å²) in [6, 6.07) is 15.7. The largest absolute Gasteiger partial charge is 0.384 e. The monoisotopic (exact) mass is 363 g/mol. The number of para-hydroxylation sites is 2. The normalized spacial score (nSPS) is 18.0. The van der Waals surface area contributed by atoms with Crippen LogP contribution in [0.15, 0.2) is 65.3 Å². The number of benzene rings is 2. The molecule has 0 amide bonds. The summed E-state index contributed by atoms with van der Waals surface area (Å²) in [5.41, 5.74) is 8.06. The Hall–Kier alpha value is -3.48. The number of nitrogens with one attached hydrogen (secondary N) is 1. The molecule has 2 aromatic carbocycles. The van der Waals surface area contributed by atoms with Gasteiger partial charge >= 0.3 is 0 Å². The van der Waals surface area contributed by atoms with Crippen molar-refractivity contribution in [3.63, 3.8) is 0 Å². The minimum atomic E-state index is -0.980. The van der Waals surface area contributed by atoms with Crippen LogP contribution in [-0.4, -0.2) is 0 Å². The molecule has 1 unspecified atom stereocenters. The van der Waals surface area contributed by atoms with E-state index in [0.29, 0.717) is 5.82 Å². The van der Waals surface area contributed by atoms with Crippen molar-refractivity contribution >= 4 is 23.0 Å². The van der Waals surface area contributed by atoms with Crippen molar-refractivity contribution in [1.29, 1.82) is 10.5 Å². The molecule has 0 spiro atoms. The predicted octanol–water partition coefficient (Wildman–Crippen LogP) is 3.94. The van der Waals surface area contributed by atoms with E-state index in [2.05, 4.69) is 11.4 Å². The van der Waals surface area contributed by atoms with Crippen LogP contribution in [0.25, 0.3) is 0 Å². The number of rotatable bonds is 1. The highest BCUT2D eigenvalue weighted by Gasteiger charge is 2.41. The first kappa shape index (κ1) is 16.0. The molecule has 0 radical (unpaired) electrons. The SMILES string of the molecule is N#CC1=C(N)N2C(=C(C#N)C1c1c(F)cccc1Cl)Nc1ccccc12. The lowest BCUT2D eigenvalue weighted by Crippen LogP contribution is -2.34.